The first-order valence-corrected chi connectivity index (χ1v) is 8.82. The Labute approximate surface area is 146 Å². The second kappa shape index (κ2) is 6.76. The first kappa shape index (κ1) is 16.0. The highest BCUT2D eigenvalue weighted by molar-refractivity contribution is 5.84. The summed E-state index contributed by atoms with van der Waals surface area (Å²) in [6, 6.07) is 10.3. The summed E-state index contributed by atoms with van der Waals surface area (Å²) < 4.78 is 1.65. The third-order valence-electron chi connectivity index (χ3n) is 4.53. The van der Waals surface area contributed by atoms with E-state index in [1.54, 1.807) is 11.6 Å². The van der Waals surface area contributed by atoms with Gasteiger partial charge in [-0.2, -0.15) is 0 Å². The van der Waals surface area contributed by atoms with Crippen molar-refractivity contribution < 1.29 is 5.11 Å². The van der Waals surface area contributed by atoms with Crippen LogP contribution in [0.1, 0.15) is 32.6 Å². The zero-order valence-corrected chi connectivity index (χ0v) is 14.3. The summed E-state index contributed by atoms with van der Waals surface area (Å²) in [7, 11) is 0. The molecule has 0 amide bonds. The van der Waals surface area contributed by atoms with Gasteiger partial charge in [-0.05, 0) is 19.8 Å². The zero-order valence-electron chi connectivity index (χ0n) is 14.3. The molecule has 7 nitrogen and oxygen atoms in total. The molecule has 2 aromatic heterocycles. The number of benzene rings is 1. The lowest BCUT2D eigenvalue weighted by molar-refractivity contribution is 0.169. The van der Waals surface area contributed by atoms with Crippen molar-refractivity contribution >= 4 is 17.0 Å². The summed E-state index contributed by atoms with van der Waals surface area (Å²) in [6.07, 6.45) is 4.26. The number of aliphatic hydroxyl groups excluding tert-OH is 1. The summed E-state index contributed by atoms with van der Waals surface area (Å²) in [5, 5.41) is 21.7. The largest absolute Gasteiger partial charge is 0.391 e. The fourth-order valence-electron chi connectivity index (χ4n) is 3.31. The first-order valence-electron chi connectivity index (χ1n) is 8.82. The fraction of sp³-hybridized carbons (Fsp3) is 0.444. The Hall–Kier alpha value is -2.54. The molecule has 4 rings (SSSR count). The van der Waals surface area contributed by atoms with Gasteiger partial charge in [-0.25, -0.2) is 14.6 Å². The quantitative estimate of drug-likeness (QED) is 0.743. The Balaban J connectivity index is 1.81. The van der Waals surface area contributed by atoms with Crippen LogP contribution in [-0.2, 0) is 6.54 Å². The van der Waals surface area contributed by atoms with Gasteiger partial charge in [-0.3, -0.25) is 0 Å². The van der Waals surface area contributed by atoms with Crippen LogP contribution in [0.15, 0.2) is 30.3 Å². The number of nitrogens with zero attached hydrogens (tertiary/aromatic N) is 5. The van der Waals surface area contributed by atoms with Gasteiger partial charge in [0.1, 0.15) is 0 Å². The van der Waals surface area contributed by atoms with E-state index in [-0.39, 0.29) is 0 Å². The highest BCUT2D eigenvalue weighted by Gasteiger charge is 2.21. The fourth-order valence-corrected chi connectivity index (χ4v) is 3.31. The standard InChI is InChI=1S/C18H22N6O/c1-12(25)11-24-18-15(22-23-24)17(19-14-9-5-6-10-14)20-16(21-18)13-7-3-2-4-8-13/h2-4,7-8,12,14,25H,5-6,9-11H2,1H3,(H,19,20,21). The molecule has 3 aromatic rings. The SMILES string of the molecule is CC(O)Cn1nnc2c(NC3CCCC3)nc(-c3ccccc3)nc21. The van der Waals surface area contributed by atoms with Gasteiger partial charge in [0.2, 0.25) is 0 Å². The molecule has 0 bridgehead atoms. The molecule has 2 N–H and O–H groups in total. The average Bonchev–Trinajstić information content (AvgIpc) is 3.26. The van der Waals surface area contributed by atoms with E-state index in [9.17, 15) is 5.11 Å². The maximum Gasteiger partial charge on any atom is 0.184 e. The number of anilines is 1. The molecule has 2 heterocycles. The number of aliphatic hydroxyl groups is 1. The number of rotatable bonds is 5. The number of hydrogen-bond donors (Lipinski definition) is 2. The summed E-state index contributed by atoms with van der Waals surface area (Å²) in [5.74, 6) is 1.37. The Kier molecular flexibility index (Phi) is 4.31. The summed E-state index contributed by atoms with van der Waals surface area (Å²) >= 11 is 0. The van der Waals surface area contributed by atoms with E-state index < -0.39 is 6.10 Å². The molecule has 130 valence electrons. The molecule has 0 saturated heterocycles. The number of hydrogen-bond acceptors (Lipinski definition) is 6. The minimum absolute atomic E-state index is 0.352. The van der Waals surface area contributed by atoms with Gasteiger partial charge >= 0.3 is 0 Å². The Morgan fingerprint density at radius 2 is 1.96 bits per heavy atom. The maximum absolute atomic E-state index is 9.72. The molecule has 25 heavy (non-hydrogen) atoms. The molecular formula is C18H22N6O. The monoisotopic (exact) mass is 338 g/mol. The van der Waals surface area contributed by atoms with E-state index in [1.165, 1.54) is 12.8 Å². The van der Waals surface area contributed by atoms with E-state index in [2.05, 4.69) is 20.6 Å². The molecule has 1 aliphatic carbocycles. The van der Waals surface area contributed by atoms with Crippen molar-refractivity contribution in [1.82, 2.24) is 25.0 Å². The lowest BCUT2D eigenvalue weighted by Gasteiger charge is -2.14. The van der Waals surface area contributed by atoms with Crippen LogP contribution in [0.25, 0.3) is 22.6 Å². The van der Waals surface area contributed by atoms with Gasteiger partial charge in [0.15, 0.2) is 22.8 Å². The predicted molar refractivity (Wildman–Crippen MR) is 96.1 cm³/mol. The molecule has 0 radical (unpaired) electrons. The third-order valence-corrected chi connectivity index (χ3v) is 4.53. The summed E-state index contributed by atoms with van der Waals surface area (Å²) in [6.45, 7) is 2.08. The predicted octanol–water partition coefficient (Wildman–Crippen LogP) is 2.62. The van der Waals surface area contributed by atoms with Crippen LogP contribution in [0.4, 0.5) is 5.82 Å². The molecule has 1 saturated carbocycles. The normalized spacial score (nSPS) is 16.4. The Bertz CT molecular complexity index is 855. The smallest absolute Gasteiger partial charge is 0.184 e. The highest BCUT2D eigenvalue weighted by Crippen LogP contribution is 2.27. The molecular weight excluding hydrogens is 316 g/mol. The van der Waals surface area contributed by atoms with E-state index in [0.29, 0.717) is 29.6 Å². The molecule has 1 atom stereocenters. The average molecular weight is 338 g/mol. The van der Waals surface area contributed by atoms with Crippen LogP contribution in [0, 0.1) is 0 Å². The topological polar surface area (TPSA) is 88.8 Å². The third kappa shape index (κ3) is 3.32. The van der Waals surface area contributed by atoms with Crippen molar-refractivity contribution in [2.24, 2.45) is 0 Å². The first-order chi connectivity index (χ1) is 12.2. The van der Waals surface area contributed by atoms with Crippen molar-refractivity contribution in [3.8, 4) is 11.4 Å². The van der Waals surface area contributed by atoms with E-state index in [0.717, 1.165) is 24.2 Å². The van der Waals surface area contributed by atoms with Gasteiger partial charge in [0, 0.05) is 11.6 Å². The van der Waals surface area contributed by atoms with E-state index >= 15 is 0 Å². The summed E-state index contributed by atoms with van der Waals surface area (Å²) in [4.78, 5) is 9.40. The molecule has 1 fully saturated rings. The van der Waals surface area contributed by atoms with Crippen LogP contribution in [0.3, 0.4) is 0 Å². The van der Waals surface area contributed by atoms with Crippen LogP contribution >= 0.6 is 0 Å². The van der Waals surface area contributed by atoms with Crippen LogP contribution in [0.2, 0.25) is 0 Å². The van der Waals surface area contributed by atoms with Crippen molar-refractivity contribution in [3.05, 3.63) is 30.3 Å². The summed E-state index contributed by atoms with van der Waals surface area (Å²) in [5.41, 5.74) is 2.26. The van der Waals surface area contributed by atoms with Gasteiger partial charge < -0.3 is 10.4 Å². The van der Waals surface area contributed by atoms with Gasteiger partial charge in [-0.1, -0.05) is 48.4 Å². The van der Waals surface area contributed by atoms with Crippen LogP contribution in [-0.4, -0.2) is 42.2 Å². The molecule has 1 aromatic carbocycles. The van der Waals surface area contributed by atoms with Crippen molar-refractivity contribution in [3.63, 3.8) is 0 Å². The lowest BCUT2D eigenvalue weighted by atomic mass is 10.2. The number of nitrogens with one attached hydrogen (secondary N) is 1. The minimum atomic E-state index is -0.522. The second-order valence-electron chi connectivity index (χ2n) is 6.68. The number of fused-ring (bicyclic) bond motifs is 1. The minimum Gasteiger partial charge on any atom is -0.391 e. The molecule has 7 heteroatoms. The van der Waals surface area contributed by atoms with Crippen molar-refractivity contribution in [2.45, 2.75) is 51.3 Å². The molecule has 1 unspecified atom stereocenters. The molecule has 0 spiro atoms. The van der Waals surface area contributed by atoms with Gasteiger partial charge in [0.25, 0.3) is 0 Å². The lowest BCUT2D eigenvalue weighted by Crippen LogP contribution is -2.17. The van der Waals surface area contributed by atoms with Crippen molar-refractivity contribution in [2.75, 3.05) is 5.32 Å². The van der Waals surface area contributed by atoms with Crippen molar-refractivity contribution in [1.29, 1.82) is 0 Å². The van der Waals surface area contributed by atoms with E-state index in [4.69, 9.17) is 4.98 Å². The van der Waals surface area contributed by atoms with Crippen LogP contribution in [0.5, 0.6) is 0 Å². The molecule has 0 aliphatic heterocycles. The Morgan fingerprint density at radius 1 is 1.20 bits per heavy atom. The van der Waals surface area contributed by atoms with E-state index in [1.807, 2.05) is 30.3 Å². The molecule has 1 aliphatic rings. The van der Waals surface area contributed by atoms with Gasteiger partial charge in [-0.15, -0.1) is 5.10 Å². The maximum atomic E-state index is 9.72. The Morgan fingerprint density at radius 3 is 2.68 bits per heavy atom. The second-order valence-corrected chi connectivity index (χ2v) is 6.68. The highest BCUT2D eigenvalue weighted by atomic mass is 16.3. The number of aromatic nitrogens is 5. The van der Waals surface area contributed by atoms with Crippen LogP contribution < -0.4 is 5.32 Å². The van der Waals surface area contributed by atoms with Gasteiger partial charge in [0.05, 0.1) is 12.6 Å². The zero-order chi connectivity index (χ0) is 17.2.